The van der Waals surface area contributed by atoms with Crippen LogP contribution >= 0.6 is 18.7 Å². The van der Waals surface area contributed by atoms with Crippen molar-refractivity contribution in [3.05, 3.63) is 113 Å². The van der Waals surface area contributed by atoms with Crippen LogP contribution in [-0.4, -0.2) is 125 Å². The number of carbonyl (C=O) groups is 4. The molecule has 4 saturated heterocycles. The van der Waals surface area contributed by atoms with Crippen molar-refractivity contribution in [3.63, 3.8) is 0 Å². The van der Waals surface area contributed by atoms with Gasteiger partial charge in [-0.15, -0.1) is 0 Å². The van der Waals surface area contributed by atoms with Gasteiger partial charge in [0.1, 0.15) is 29.8 Å². The number of fused-ring (bicyclic) bond motifs is 1. The van der Waals surface area contributed by atoms with Crippen LogP contribution in [0.4, 0.5) is 38.9 Å². The fourth-order valence-corrected chi connectivity index (χ4v) is 13.2. The maximum Gasteiger partial charge on any atom is 0.262 e. The number of anilines is 6. The number of hydrogen-bond acceptors (Lipinski definition) is 14. The predicted molar refractivity (Wildman–Crippen MR) is 297 cm³/mol. The van der Waals surface area contributed by atoms with Crippen LogP contribution in [0.3, 0.4) is 0 Å². The molecule has 4 fully saturated rings. The van der Waals surface area contributed by atoms with Crippen molar-refractivity contribution in [1.29, 1.82) is 0 Å². The number of piperidine rings is 4. The van der Waals surface area contributed by atoms with E-state index in [0.29, 0.717) is 56.4 Å². The van der Waals surface area contributed by atoms with E-state index in [4.69, 9.17) is 21.3 Å². The van der Waals surface area contributed by atoms with Gasteiger partial charge in [0.15, 0.2) is 5.82 Å². The highest BCUT2D eigenvalue weighted by Gasteiger charge is 2.45. The molecule has 11 rings (SSSR count). The highest BCUT2D eigenvalue weighted by atomic mass is 35.5. The Morgan fingerprint density at radius 1 is 0.792 bits per heavy atom. The van der Waals surface area contributed by atoms with E-state index in [0.717, 1.165) is 112 Å². The number of aryl methyl sites for hydroxylation is 1. The summed E-state index contributed by atoms with van der Waals surface area (Å²) in [6.45, 7) is 10.1. The number of imide groups is 2. The van der Waals surface area contributed by atoms with Gasteiger partial charge in [-0.05, 0) is 131 Å². The van der Waals surface area contributed by atoms with E-state index in [1.807, 2.05) is 25.5 Å². The summed E-state index contributed by atoms with van der Waals surface area (Å²) in [4.78, 5) is 68.8. The summed E-state index contributed by atoms with van der Waals surface area (Å²) in [6.07, 6.45) is 12.2. The number of nitrogens with zero attached hydrogens (tertiary/aromatic N) is 8. The number of nitrogens with one attached hydrogen (secondary N) is 3. The quantitative estimate of drug-likeness (QED) is 0.0734. The minimum Gasteiger partial charge on any atom is -0.494 e. The number of aromatic nitrogens is 4. The number of likely N-dealkylation sites (tertiary alicyclic amines) is 1. The van der Waals surface area contributed by atoms with Crippen molar-refractivity contribution in [1.82, 2.24) is 34.9 Å². The van der Waals surface area contributed by atoms with Gasteiger partial charge in [0.2, 0.25) is 17.8 Å². The Bertz CT molecular complexity index is 3360. The van der Waals surface area contributed by atoms with Crippen molar-refractivity contribution in [2.45, 2.75) is 57.4 Å². The summed E-state index contributed by atoms with van der Waals surface area (Å²) in [7, 11) is 0.676. The Hall–Kier alpha value is -7.14. The molecule has 0 saturated carbocycles. The van der Waals surface area contributed by atoms with Crippen LogP contribution < -0.4 is 35.8 Å². The van der Waals surface area contributed by atoms with E-state index in [2.05, 4.69) is 52.9 Å². The molecule has 3 N–H and O–H groups in total. The lowest BCUT2D eigenvalue weighted by Crippen LogP contribution is -2.54. The molecular weight excluding hydrogens is 1020 g/mol. The lowest BCUT2D eigenvalue weighted by atomic mass is 9.71. The van der Waals surface area contributed by atoms with Gasteiger partial charge in [-0.2, -0.15) is 10.1 Å². The SMILES string of the molecule is COc1cc(N2CCC3(CCN(CC4CCN(c5ccc6c(c5)C(=O)N(C5CCC(=O)NC5=O)C6=O)CC4)CC3)CC2)c(-c2cnn(C)c2)cc1Nc1ncc(Cl)c(Nc2ccc(-c3ccccc3F)cc2P(C)(C)=O)n1. The van der Waals surface area contributed by atoms with Crippen molar-refractivity contribution in [2.75, 3.05) is 86.7 Å². The molecular formula is C57H62ClFN11O6P. The van der Waals surface area contributed by atoms with Gasteiger partial charge in [0, 0.05) is 91.8 Å². The third-order valence-electron chi connectivity index (χ3n) is 16.3. The third-order valence-corrected chi connectivity index (χ3v) is 18.1. The van der Waals surface area contributed by atoms with E-state index < -0.39 is 36.8 Å². The second-order valence-corrected chi connectivity index (χ2v) is 25.2. The van der Waals surface area contributed by atoms with Crippen LogP contribution in [0, 0.1) is 17.2 Å². The molecule has 6 aromatic rings. The minimum atomic E-state index is -2.88. The molecule has 5 aliphatic heterocycles. The zero-order valence-electron chi connectivity index (χ0n) is 43.7. The topological polar surface area (TPSA) is 187 Å². The van der Waals surface area contributed by atoms with Crippen LogP contribution in [0.1, 0.15) is 72.1 Å². The first-order valence-corrected chi connectivity index (χ1v) is 29.3. The molecule has 1 spiro atoms. The van der Waals surface area contributed by atoms with E-state index in [1.54, 1.807) is 73.7 Å². The second kappa shape index (κ2) is 21.0. The fourth-order valence-electron chi connectivity index (χ4n) is 11.9. The summed E-state index contributed by atoms with van der Waals surface area (Å²) >= 11 is 6.70. The molecule has 17 nitrogen and oxygen atoms in total. The summed E-state index contributed by atoms with van der Waals surface area (Å²) in [6, 6.07) is 20.4. The van der Waals surface area contributed by atoms with Gasteiger partial charge < -0.3 is 34.6 Å². The van der Waals surface area contributed by atoms with E-state index in [9.17, 15) is 28.1 Å². The van der Waals surface area contributed by atoms with Gasteiger partial charge in [-0.25, -0.2) is 9.37 Å². The molecule has 4 aromatic carbocycles. The summed E-state index contributed by atoms with van der Waals surface area (Å²) in [5.74, 6) is -0.602. The normalized spacial score (nSPS) is 19.2. The number of hydrogen-bond donors (Lipinski definition) is 3. The van der Waals surface area contributed by atoms with Crippen molar-refractivity contribution >= 4 is 82.2 Å². The van der Waals surface area contributed by atoms with Crippen molar-refractivity contribution < 1.29 is 32.9 Å². The Morgan fingerprint density at radius 3 is 2.23 bits per heavy atom. The zero-order valence-corrected chi connectivity index (χ0v) is 45.3. The molecule has 4 amide bonds. The minimum absolute atomic E-state index is 0.0872. The van der Waals surface area contributed by atoms with Gasteiger partial charge in [-0.1, -0.05) is 35.9 Å². The molecule has 20 heteroatoms. The average molecular weight is 1080 g/mol. The number of benzene rings is 4. The van der Waals surface area contributed by atoms with Gasteiger partial charge >= 0.3 is 0 Å². The number of amides is 4. The molecule has 0 bridgehead atoms. The van der Waals surface area contributed by atoms with Crippen LogP contribution in [0.2, 0.25) is 5.02 Å². The largest absolute Gasteiger partial charge is 0.494 e. The predicted octanol–water partition coefficient (Wildman–Crippen LogP) is 9.08. The summed E-state index contributed by atoms with van der Waals surface area (Å²) < 4.78 is 36.3. The molecule has 5 aliphatic rings. The van der Waals surface area contributed by atoms with Gasteiger partial charge in [0.25, 0.3) is 11.8 Å². The molecule has 2 aromatic heterocycles. The van der Waals surface area contributed by atoms with Crippen LogP contribution in [0.5, 0.6) is 5.75 Å². The van der Waals surface area contributed by atoms with E-state index in [1.165, 1.54) is 12.3 Å². The van der Waals surface area contributed by atoms with Crippen LogP contribution in [0.25, 0.3) is 22.3 Å². The maximum absolute atomic E-state index is 14.8. The number of halogens is 2. The van der Waals surface area contributed by atoms with Crippen molar-refractivity contribution in [3.8, 4) is 28.0 Å². The number of ether oxygens (including phenoxy) is 1. The molecule has 400 valence electrons. The lowest BCUT2D eigenvalue weighted by Gasteiger charge is -2.48. The summed E-state index contributed by atoms with van der Waals surface area (Å²) in [5.41, 5.74) is 7.01. The molecule has 0 aliphatic carbocycles. The van der Waals surface area contributed by atoms with E-state index in [-0.39, 0.29) is 35.0 Å². The second-order valence-electron chi connectivity index (χ2n) is 21.6. The van der Waals surface area contributed by atoms with Crippen LogP contribution in [-0.2, 0) is 21.2 Å². The monoisotopic (exact) mass is 1080 g/mol. The fraction of sp³-hybridized carbons (Fsp3) is 0.386. The standard InChI is InChI=1S/C57H62ClFN11O6P/c1-66-34-37(31-61-66)41-29-46(63-56-60-32-43(58)52(65-56)62-45-12-9-36(27-50(45)77(3,4)75)39-7-5-6-8-44(39)59)49(76-2)30-48(41)69-25-19-57(20-26-69)17-23-67(24-18-57)33-35-15-21-68(22-16-35)38-10-11-40-42(28-38)55(74)70(54(40)73)47-13-14-51(71)64-53(47)72/h5-12,27-32,34-35,47H,13-26,33H2,1-4H3,(H,64,71,72)(H2,60,62,63,65). The highest BCUT2D eigenvalue weighted by Crippen LogP contribution is 2.47. The number of rotatable bonds is 13. The highest BCUT2D eigenvalue weighted by molar-refractivity contribution is 7.70. The Labute approximate surface area is 451 Å². The first-order chi connectivity index (χ1) is 37.0. The Balaban J connectivity index is 0.719. The van der Waals surface area contributed by atoms with Crippen LogP contribution in [0.15, 0.2) is 91.4 Å². The summed E-state index contributed by atoms with van der Waals surface area (Å²) in [5, 5.41) is 14.2. The van der Waals surface area contributed by atoms with E-state index >= 15 is 0 Å². The maximum atomic E-state index is 14.8. The zero-order chi connectivity index (χ0) is 53.8. The smallest absolute Gasteiger partial charge is 0.262 e. The number of methoxy groups -OCH3 is 1. The molecule has 1 atom stereocenters. The Morgan fingerprint density at radius 2 is 1.53 bits per heavy atom. The molecule has 7 heterocycles. The average Bonchev–Trinajstić information content (AvgIpc) is 4.09. The van der Waals surface area contributed by atoms with Gasteiger partial charge in [-0.3, -0.25) is 34.1 Å². The van der Waals surface area contributed by atoms with Crippen molar-refractivity contribution in [2.24, 2.45) is 18.4 Å². The molecule has 1 unspecified atom stereocenters. The first-order valence-electron chi connectivity index (χ1n) is 26.3. The molecule has 77 heavy (non-hydrogen) atoms. The number of carbonyl (C=O) groups excluding carboxylic acids is 4. The molecule has 0 radical (unpaired) electrons. The first kappa shape index (κ1) is 51.9. The Kier molecular flexibility index (Phi) is 14.2. The van der Waals surface area contributed by atoms with Gasteiger partial charge in [0.05, 0.1) is 42.0 Å². The third kappa shape index (κ3) is 10.5. The lowest BCUT2D eigenvalue weighted by molar-refractivity contribution is -0.136.